The molecule has 0 unspecified atom stereocenters. The number of amides is 3. The molecule has 2 heterocycles. The summed E-state index contributed by atoms with van der Waals surface area (Å²) >= 11 is 0. The Hall–Kier alpha value is -3.36. The van der Waals surface area contributed by atoms with Gasteiger partial charge in [0.1, 0.15) is 6.61 Å². The first kappa shape index (κ1) is 21.4. The lowest BCUT2D eigenvalue weighted by Gasteiger charge is -2.26. The number of urea groups is 1. The average molecular weight is 415 g/mol. The van der Waals surface area contributed by atoms with Gasteiger partial charge >= 0.3 is 18.0 Å². The van der Waals surface area contributed by atoms with Crippen LogP contribution < -0.4 is 15.5 Å². The van der Waals surface area contributed by atoms with Crippen molar-refractivity contribution >= 4 is 29.6 Å². The fourth-order valence-corrected chi connectivity index (χ4v) is 3.49. The van der Waals surface area contributed by atoms with Crippen LogP contribution in [0.2, 0.25) is 0 Å². The largest absolute Gasteiger partial charge is 0.463 e. The van der Waals surface area contributed by atoms with Gasteiger partial charge in [0, 0.05) is 18.7 Å². The molecule has 2 atom stereocenters. The molecule has 0 aliphatic carbocycles. The fraction of sp³-hybridized carbons (Fsp3) is 0.429. The summed E-state index contributed by atoms with van der Waals surface area (Å²) in [5.41, 5.74) is 2.18. The lowest BCUT2D eigenvalue weighted by molar-refractivity contribution is -0.147. The van der Waals surface area contributed by atoms with Crippen LogP contribution >= 0.6 is 0 Å². The molecule has 0 spiro atoms. The molecule has 0 bridgehead atoms. The normalized spacial score (nSPS) is 21.2. The molecular formula is C21H25N3O6. The molecule has 9 heteroatoms. The molecule has 0 aromatic heterocycles. The minimum absolute atomic E-state index is 0.0425. The van der Waals surface area contributed by atoms with Gasteiger partial charge in [-0.15, -0.1) is 0 Å². The summed E-state index contributed by atoms with van der Waals surface area (Å²) in [5, 5.41) is 5.08. The number of esters is 2. The Bertz CT molecular complexity index is 893. The van der Waals surface area contributed by atoms with Crippen molar-refractivity contribution in [1.29, 1.82) is 0 Å². The van der Waals surface area contributed by atoms with E-state index in [1.165, 1.54) is 0 Å². The number of hydrogen-bond donors (Lipinski definition) is 2. The zero-order valence-corrected chi connectivity index (χ0v) is 17.2. The van der Waals surface area contributed by atoms with Crippen LogP contribution in [0.1, 0.15) is 25.8 Å². The van der Waals surface area contributed by atoms with Crippen LogP contribution in [0, 0.1) is 12.8 Å². The standard InChI is InChI=1S/C21H25N3O6/c1-4-29-20(27)18-13(3)22-21(28)23-16(18)11-30-19(26)14-9-17(25)24(10-14)15-7-5-12(2)6-8-15/h5-8,13-14H,4,9-11H2,1-3H3,(H2,22,23,28)/t13-,14+/m0/s1. The van der Waals surface area contributed by atoms with E-state index in [9.17, 15) is 19.2 Å². The summed E-state index contributed by atoms with van der Waals surface area (Å²) in [6, 6.07) is 6.39. The summed E-state index contributed by atoms with van der Waals surface area (Å²) in [4.78, 5) is 50.5. The highest BCUT2D eigenvalue weighted by Gasteiger charge is 2.37. The third-order valence-electron chi connectivity index (χ3n) is 5.03. The number of benzene rings is 1. The van der Waals surface area contributed by atoms with E-state index in [4.69, 9.17) is 9.47 Å². The van der Waals surface area contributed by atoms with E-state index in [0.717, 1.165) is 11.3 Å². The zero-order chi connectivity index (χ0) is 21.8. The topological polar surface area (TPSA) is 114 Å². The van der Waals surface area contributed by atoms with Crippen molar-refractivity contribution in [3.8, 4) is 0 Å². The number of carbonyl (C=O) groups excluding carboxylic acids is 4. The molecule has 0 saturated carbocycles. The lowest BCUT2D eigenvalue weighted by Crippen LogP contribution is -2.50. The third-order valence-corrected chi connectivity index (χ3v) is 5.03. The molecule has 30 heavy (non-hydrogen) atoms. The maximum Gasteiger partial charge on any atom is 0.338 e. The molecule has 2 aliphatic rings. The van der Waals surface area contributed by atoms with Crippen molar-refractivity contribution in [2.45, 2.75) is 33.2 Å². The second-order valence-electron chi connectivity index (χ2n) is 7.28. The Morgan fingerprint density at radius 1 is 1.17 bits per heavy atom. The zero-order valence-electron chi connectivity index (χ0n) is 17.2. The fourth-order valence-electron chi connectivity index (χ4n) is 3.49. The van der Waals surface area contributed by atoms with Crippen molar-refractivity contribution in [1.82, 2.24) is 10.6 Å². The Kier molecular flexibility index (Phi) is 6.39. The van der Waals surface area contributed by atoms with E-state index in [0.29, 0.717) is 0 Å². The van der Waals surface area contributed by atoms with Crippen LogP contribution in [-0.2, 0) is 23.9 Å². The molecule has 1 saturated heterocycles. The highest BCUT2D eigenvalue weighted by atomic mass is 16.5. The maximum atomic E-state index is 12.6. The number of ether oxygens (including phenoxy) is 2. The Balaban J connectivity index is 1.67. The predicted molar refractivity (Wildman–Crippen MR) is 107 cm³/mol. The molecule has 1 aromatic carbocycles. The van der Waals surface area contributed by atoms with Gasteiger partial charge in [0.05, 0.1) is 29.8 Å². The summed E-state index contributed by atoms with van der Waals surface area (Å²) in [6.45, 7) is 5.37. The third kappa shape index (κ3) is 4.61. The van der Waals surface area contributed by atoms with Crippen molar-refractivity contribution in [3.05, 3.63) is 41.1 Å². The first-order chi connectivity index (χ1) is 14.3. The number of nitrogens with one attached hydrogen (secondary N) is 2. The maximum absolute atomic E-state index is 12.6. The van der Waals surface area contributed by atoms with Crippen molar-refractivity contribution in [3.63, 3.8) is 0 Å². The first-order valence-corrected chi connectivity index (χ1v) is 9.81. The van der Waals surface area contributed by atoms with Gasteiger partial charge in [-0.3, -0.25) is 9.59 Å². The number of carbonyl (C=O) groups is 4. The van der Waals surface area contributed by atoms with Gasteiger partial charge in [0.2, 0.25) is 5.91 Å². The number of aryl methyl sites for hydroxylation is 1. The molecule has 3 rings (SSSR count). The van der Waals surface area contributed by atoms with Gasteiger partial charge in [-0.05, 0) is 32.9 Å². The monoisotopic (exact) mass is 415 g/mol. The van der Waals surface area contributed by atoms with E-state index < -0.39 is 29.9 Å². The SMILES string of the molecule is CCOC(=O)C1=C(COC(=O)[C@@H]2CC(=O)N(c3ccc(C)cc3)C2)NC(=O)N[C@H]1C. The van der Waals surface area contributed by atoms with Crippen LogP contribution in [0.25, 0.3) is 0 Å². The predicted octanol–water partition coefficient (Wildman–Crippen LogP) is 1.41. The highest BCUT2D eigenvalue weighted by Crippen LogP contribution is 2.26. The lowest BCUT2D eigenvalue weighted by atomic mass is 10.0. The molecule has 1 fully saturated rings. The highest BCUT2D eigenvalue weighted by molar-refractivity contribution is 5.99. The van der Waals surface area contributed by atoms with E-state index in [-0.39, 0.29) is 43.4 Å². The van der Waals surface area contributed by atoms with Gasteiger partial charge in [-0.1, -0.05) is 17.7 Å². The molecule has 2 N–H and O–H groups in total. The molecule has 0 radical (unpaired) electrons. The molecule has 2 aliphatic heterocycles. The molecule has 9 nitrogen and oxygen atoms in total. The molecule has 3 amide bonds. The smallest absolute Gasteiger partial charge is 0.338 e. The van der Waals surface area contributed by atoms with Crippen molar-refractivity contribution in [2.24, 2.45) is 5.92 Å². The van der Waals surface area contributed by atoms with Gasteiger partial charge in [0.25, 0.3) is 0 Å². The minimum atomic E-state index is -0.625. The van der Waals surface area contributed by atoms with Crippen LogP contribution in [0.4, 0.5) is 10.5 Å². The Morgan fingerprint density at radius 2 is 1.87 bits per heavy atom. The van der Waals surface area contributed by atoms with Crippen LogP contribution in [-0.4, -0.2) is 49.7 Å². The van der Waals surface area contributed by atoms with Gasteiger partial charge in [-0.25, -0.2) is 9.59 Å². The summed E-state index contributed by atoms with van der Waals surface area (Å²) in [6.07, 6.45) is 0.0425. The summed E-state index contributed by atoms with van der Waals surface area (Å²) in [5.74, 6) is -1.93. The van der Waals surface area contributed by atoms with E-state index in [1.54, 1.807) is 18.7 Å². The average Bonchev–Trinajstić information content (AvgIpc) is 3.08. The van der Waals surface area contributed by atoms with Crippen LogP contribution in [0.15, 0.2) is 35.5 Å². The Labute approximate surface area is 174 Å². The van der Waals surface area contributed by atoms with E-state index in [2.05, 4.69) is 10.6 Å². The molecule has 1 aromatic rings. The van der Waals surface area contributed by atoms with Gasteiger partial charge in [-0.2, -0.15) is 0 Å². The molecule has 160 valence electrons. The molecular weight excluding hydrogens is 390 g/mol. The first-order valence-electron chi connectivity index (χ1n) is 9.81. The van der Waals surface area contributed by atoms with Crippen LogP contribution in [0.5, 0.6) is 0 Å². The van der Waals surface area contributed by atoms with Crippen LogP contribution in [0.3, 0.4) is 0 Å². The van der Waals surface area contributed by atoms with Crippen molar-refractivity contribution in [2.75, 3.05) is 24.7 Å². The number of hydrogen-bond acceptors (Lipinski definition) is 6. The number of rotatable bonds is 6. The summed E-state index contributed by atoms with van der Waals surface area (Å²) < 4.78 is 10.4. The Morgan fingerprint density at radius 3 is 2.53 bits per heavy atom. The number of nitrogens with zero attached hydrogens (tertiary/aromatic N) is 1. The minimum Gasteiger partial charge on any atom is -0.463 e. The van der Waals surface area contributed by atoms with Gasteiger partial charge in [0.15, 0.2) is 0 Å². The quantitative estimate of drug-likeness (QED) is 0.679. The number of anilines is 1. The second kappa shape index (κ2) is 8.98. The van der Waals surface area contributed by atoms with Gasteiger partial charge < -0.3 is 25.0 Å². The van der Waals surface area contributed by atoms with Crippen molar-refractivity contribution < 1.29 is 28.7 Å². The second-order valence-corrected chi connectivity index (χ2v) is 7.28. The van der Waals surface area contributed by atoms with E-state index >= 15 is 0 Å². The summed E-state index contributed by atoms with van der Waals surface area (Å²) in [7, 11) is 0. The van der Waals surface area contributed by atoms with E-state index in [1.807, 2.05) is 31.2 Å².